The molecule has 0 spiro atoms. The summed E-state index contributed by atoms with van der Waals surface area (Å²) in [6.45, 7) is 5.60. The van der Waals surface area contributed by atoms with E-state index >= 15 is 0 Å². The predicted molar refractivity (Wildman–Crippen MR) is 77.3 cm³/mol. The SMILES string of the molecule is CC(OCC1CCCCO1)C(=O)NC(C)(CN)C1CC1. The lowest BCUT2D eigenvalue weighted by Gasteiger charge is -2.31. The molecule has 3 N–H and O–H groups in total. The molecule has 5 nitrogen and oxygen atoms in total. The summed E-state index contributed by atoms with van der Waals surface area (Å²) in [6.07, 6.45) is 5.33. The maximum Gasteiger partial charge on any atom is 0.249 e. The summed E-state index contributed by atoms with van der Waals surface area (Å²) >= 11 is 0. The average Bonchev–Trinajstić information content (AvgIpc) is 3.30. The van der Waals surface area contributed by atoms with Gasteiger partial charge in [0.1, 0.15) is 6.10 Å². The third-order valence-corrected chi connectivity index (χ3v) is 4.49. The summed E-state index contributed by atoms with van der Waals surface area (Å²) in [5, 5.41) is 3.06. The molecule has 0 aromatic rings. The first-order chi connectivity index (χ1) is 9.55. The molecule has 2 aliphatic rings. The van der Waals surface area contributed by atoms with E-state index in [1.807, 2.05) is 6.92 Å². The van der Waals surface area contributed by atoms with Crippen LogP contribution in [0.15, 0.2) is 0 Å². The summed E-state index contributed by atoms with van der Waals surface area (Å²) in [7, 11) is 0. The van der Waals surface area contributed by atoms with E-state index in [1.54, 1.807) is 6.92 Å². The highest BCUT2D eigenvalue weighted by molar-refractivity contribution is 5.81. The molecule has 3 unspecified atom stereocenters. The van der Waals surface area contributed by atoms with Gasteiger partial charge in [-0.2, -0.15) is 0 Å². The van der Waals surface area contributed by atoms with Gasteiger partial charge in [-0.25, -0.2) is 0 Å². The second kappa shape index (κ2) is 6.87. The van der Waals surface area contributed by atoms with Crippen molar-refractivity contribution < 1.29 is 14.3 Å². The van der Waals surface area contributed by atoms with Crippen LogP contribution in [0.3, 0.4) is 0 Å². The molecule has 1 aliphatic heterocycles. The van der Waals surface area contributed by atoms with Gasteiger partial charge < -0.3 is 20.5 Å². The molecule has 1 saturated carbocycles. The highest BCUT2D eigenvalue weighted by Crippen LogP contribution is 2.39. The van der Waals surface area contributed by atoms with E-state index in [4.69, 9.17) is 15.2 Å². The molecular formula is C15H28N2O3. The van der Waals surface area contributed by atoms with E-state index < -0.39 is 6.10 Å². The zero-order valence-electron chi connectivity index (χ0n) is 12.7. The van der Waals surface area contributed by atoms with Gasteiger partial charge in [0.15, 0.2) is 0 Å². The average molecular weight is 284 g/mol. The molecule has 0 aromatic heterocycles. The summed E-state index contributed by atoms with van der Waals surface area (Å²) in [5.74, 6) is 0.450. The van der Waals surface area contributed by atoms with Gasteiger partial charge in [-0.15, -0.1) is 0 Å². The first-order valence-corrected chi connectivity index (χ1v) is 7.80. The number of hydrogen-bond acceptors (Lipinski definition) is 4. The van der Waals surface area contributed by atoms with Crippen molar-refractivity contribution in [1.82, 2.24) is 5.32 Å². The quantitative estimate of drug-likeness (QED) is 0.737. The molecule has 0 aromatic carbocycles. The van der Waals surface area contributed by atoms with Gasteiger partial charge >= 0.3 is 0 Å². The minimum atomic E-state index is -0.454. The highest BCUT2D eigenvalue weighted by atomic mass is 16.5. The van der Waals surface area contributed by atoms with Gasteiger partial charge in [-0.1, -0.05) is 0 Å². The number of nitrogens with two attached hydrogens (primary N) is 1. The van der Waals surface area contributed by atoms with Crippen LogP contribution < -0.4 is 11.1 Å². The Hall–Kier alpha value is -0.650. The van der Waals surface area contributed by atoms with Crippen molar-refractivity contribution in [2.75, 3.05) is 19.8 Å². The number of carbonyl (C=O) groups is 1. The summed E-state index contributed by atoms with van der Waals surface area (Å²) < 4.78 is 11.3. The third-order valence-electron chi connectivity index (χ3n) is 4.49. The molecule has 0 radical (unpaired) electrons. The van der Waals surface area contributed by atoms with Gasteiger partial charge in [0.25, 0.3) is 0 Å². The van der Waals surface area contributed by atoms with Crippen LogP contribution in [-0.4, -0.2) is 43.4 Å². The molecule has 2 fully saturated rings. The van der Waals surface area contributed by atoms with Crippen LogP contribution in [0.1, 0.15) is 46.0 Å². The van der Waals surface area contributed by atoms with Crippen molar-refractivity contribution in [1.29, 1.82) is 0 Å². The van der Waals surface area contributed by atoms with E-state index in [-0.39, 0.29) is 17.6 Å². The molecular weight excluding hydrogens is 256 g/mol. The van der Waals surface area contributed by atoms with E-state index in [9.17, 15) is 4.79 Å². The van der Waals surface area contributed by atoms with Crippen molar-refractivity contribution in [3.8, 4) is 0 Å². The molecule has 3 atom stereocenters. The van der Waals surface area contributed by atoms with Crippen LogP contribution in [0.25, 0.3) is 0 Å². The standard InChI is InChI=1S/C15H28N2O3/c1-11(20-9-13-5-3-4-8-19-13)14(18)17-15(2,10-16)12-6-7-12/h11-13H,3-10,16H2,1-2H3,(H,17,18). The van der Waals surface area contributed by atoms with Crippen molar-refractivity contribution in [2.24, 2.45) is 11.7 Å². The lowest BCUT2D eigenvalue weighted by Crippen LogP contribution is -2.55. The molecule has 0 bridgehead atoms. The zero-order chi connectivity index (χ0) is 14.6. The maximum absolute atomic E-state index is 12.2. The number of ether oxygens (including phenoxy) is 2. The Morgan fingerprint density at radius 1 is 1.45 bits per heavy atom. The Kier molecular flexibility index (Phi) is 5.41. The number of carbonyl (C=O) groups excluding carboxylic acids is 1. The van der Waals surface area contributed by atoms with Crippen LogP contribution in [0.2, 0.25) is 0 Å². The number of rotatable bonds is 7. The predicted octanol–water partition coefficient (Wildman–Crippen LogP) is 1.20. The minimum absolute atomic E-state index is 0.0688. The smallest absolute Gasteiger partial charge is 0.249 e. The molecule has 2 rings (SSSR count). The highest BCUT2D eigenvalue weighted by Gasteiger charge is 2.42. The largest absolute Gasteiger partial charge is 0.376 e. The topological polar surface area (TPSA) is 73.6 Å². The fraction of sp³-hybridized carbons (Fsp3) is 0.933. The Bertz CT molecular complexity index is 327. The lowest BCUT2D eigenvalue weighted by atomic mass is 9.95. The molecule has 1 saturated heterocycles. The normalized spacial score (nSPS) is 27.6. The molecule has 1 amide bonds. The number of hydrogen-bond donors (Lipinski definition) is 2. The van der Waals surface area contributed by atoms with E-state index in [2.05, 4.69) is 5.32 Å². The Labute approximate surface area is 121 Å². The summed E-state index contributed by atoms with van der Waals surface area (Å²) in [6, 6.07) is 0. The Balaban J connectivity index is 1.73. The van der Waals surface area contributed by atoms with E-state index in [1.165, 1.54) is 6.42 Å². The van der Waals surface area contributed by atoms with E-state index in [0.717, 1.165) is 32.3 Å². The fourth-order valence-corrected chi connectivity index (χ4v) is 2.69. The lowest BCUT2D eigenvalue weighted by molar-refractivity contribution is -0.137. The Morgan fingerprint density at radius 3 is 2.75 bits per heavy atom. The zero-order valence-corrected chi connectivity index (χ0v) is 12.7. The van der Waals surface area contributed by atoms with Crippen LogP contribution in [0, 0.1) is 5.92 Å². The summed E-state index contributed by atoms with van der Waals surface area (Å²) in [4.78, 5) is 12.2. The van der Waals surface area contributed by atoms with Crippen molar-refractivity contribution in [3.05, 3.63) is 0 Å². The van der Waals surface area contributed by atoms with Gasteiger partial charge in [-0.05, 0) is 51.9 Å². The van der Waals surface area contributed by atoms with E-state index in [0.29, 0.717) is 19.1 Å². The van der Waals surface area contributed by atoms with Gasteiger partial charge in [0.2, 0.25) is 5.91 Å². The third kappa shape index (κ3) is 4.17. The molecule has 116 valence electrons. The molecule has 20 heavy (non-hydrogen) atoms. The number of nitrogens with one attached hydrogen (secondary N) is 1. The first kappa shape index (κ1) is 15.7. The Morgan fingerprint density at radius 2 is 2.20 bits per heavy atom. The van der Waals surface area contributed by atoms with Gasteiger partial charge in [0.05, 0.1) is 18.2 Å². The molecule has 5 heteroatoms. The minimum Gasteiger partial charge on any atom is -0.376 e. The van der Waals surface area contributed by atoms with Gasteiger partial charge in [-0.3, -0.25) is 4.79 Å². The van der Waals surface area contributed by atoms with Crippen LogP contribution in [-0.2, 0) is 14.3 Å². The van der Waals surface area contributed by atoms with Crippen molar-refractivity contribution in [3.63, 3.8) is 0 Å². The molecule has 1 aliphatic carbocycles. The number of amides is 1. The van der Waals surface area contributed by atoms with Crippen LogP contribution in [0.5, 0.6) is 0 Å². The maximum atomic E-state index is 12.2. The van der Waals surface area contributed by atoms with Crippen molar-refractivity contribution >= 4 is 5.91 Å². The van der Waals surface area contributed by atoms with Crippen LogP contribution in [0.4, 0.5) is 0 Å². The molecule has 1 heterocycles. The first-order valence-electron chi connectivity index (χ1n) is 7.80. The van der Waals surface area contributed by atoms with Crippen molar-refractivity contribution in [2.45, 2.75) is 63.7 Å². The van der Waals surface area contributed by atoms with Gasteiger partial charge in [0, 0.05) is 13.2 Å². The van der Waals surface area contributed by atoms with Crippen LogP contribution >= 0.6 is 0 Å². The monoisotopic (exact) mass is 284 g/mol. The fourth-order valence-electron chi connectivity index (χ4n) is 2.69. The summed E-state index contributed by atoms with van der Waals surface area (Å²) in [5.41, 5.74) is 5.53. The second-order valence-electron chi connectivity index (χ2n) is 6.35. The second-order valence-corrected chi connectivity index (χ2v) is 6.35.